The molecule has 0 radical (unpaired) electrons. The molecule has 2 aromatic rings. The summed E-state index contributed by atoms with van der Waals surface area (Å²) in [5.41, 5.74) is 2.38. The van der Waals surface area contributed by atoms with E-state index in [0.717, 1.165) is 45.0 Å². The second-order valence-corrected chi connectivity index (χ2v) is 6.28. The van der Waals surface area contributed by atoms with Crippen LogP contribution in [0.1, 0.15) is 5.69 Å². The van der Waals surface area contributed by atoms with Crippen LogP contribution in [0, 0.1) is 6.92 Å². The molecule has 1 fully saturated rings. The van der Waals surface area contributed by atoms with E-state index in [0.29, 0.717) is 0 Å². The van der Waals surface area contributed by atoms with Crippen LogP contribution >= 0.6 is 11.3 Å². The average Bonchev–Trinajstić information content (AvgIpc) is 2.85. The van der Waals surface area contributed by atoms with E-state index >= 15 is 0 Å². The highest BCUT2D eigenvalue weighted by molar-refractivity contribution is 7.07. The van der Waals surface area contributed by atoms with Gasteiger partial charge in [-0.15, -0.1) is 0 Å². The van der Waals surface area contributed by atoms with Gasteiger partial charge in [0.05, 0.1) is 0 Å². The van der Waals surface area contributed by atoms with E-state index < -0.39 is 0 Å². The van der Waals surface area contributed by atoms with Crippen LogP contribution in [-0.4, -0.2) is 42.2 Å². The van der Waals surface area contributed by atoms with Crippen LogP contribution in [0.4, 0.5) is 5.69 Å². The maximum atomic E-state index is 11.7. The standard InChI is InChI=1S/C16H21N3OS/c1-14-13-21-16(20)19(14)12-9-17-7-10-18(11-8-17)15-5-3-2-4-6-15/h2-6,13H,7-12H2,1H3. The van der Waals surface area contributed by atoms with Gasteiger partial charge >= 0.3 is 4.87 Å². The molecule has 21 heavy (non-hydrogen) atoms. The number of hydrogen-bond acceptors (Lipinski definition) is 4. The third-order valence-corrected chi connectivity index (χ3v) is 4.99. The van der Waals surface area contributed by atoms with Gasteiger partial charge in [0.1, 0.15) is 0 Å². The lowest BCUT2D eigenvalue weighted by molar-refractivity contribution is 0.247. The molecule has 1 aromatic carbocycles. The van der Waals surface area contributed by atoms with Gasteiger partial charge in [-0.1, -0.05) is 29.5 Å². The van der Waals surface area contributed by atoms with Crippen molar-refractivity contribution in [1.82, 2.24) is 9.47 Å². The second kappa shape index (κ2) is 6.45. The Kier molecular flexibility index (Phi) is 4.41. The Morgan fingerprint density at radius 2 is 1.76 bits per heavy atom. The molecule has 0 saturated carbocycles. The number of piperazine rings is 1. The van der Waals surface area contributed by atoms with E-state index in [9.17, 15) is 4.79 Å². The largest absolute Gasteiger partial charge is 0.369 e. The molecule has 4 nitrogen and oxygen atoms in total. The third-order valence-electron chi connectivity index (χ3n) is 4.11. The first-order valence-electron chi connectivity index (χ1n) is 7.41. The van der Waals surface area contributed by atoms with Gasteiger partial charge in [0.15, 0.2) is 0 Å². The van der Waals surface area contributed by atoms with Gasteiger partial charge in [-0.25, -0.2) is 0 Å². The molecule has 112 valence electrons. The molecule has 0 bridgehead atoms. The first-order valence-corrected chi connectivity index (χ1v) is 8.29. The van der Waals surface area contributed by atoms with Crippen molar-refractivity contribution in [3.8, 4) is 0 Å². The Morgan fingerprint density at radius 3 is 2.38 bits per heavy atom. The Bertz CT molecular complexity index is 626. The lowest BCUT2D eigenvalue weighted by Gasteiger charge is -2.36. The van der Waals surface area contributed by atoms with Crippen LogP contribution in [0.2, 0.25) is 0 Å². The Balaban J connectivity index is 1.51. The highest BCUT2D eigenvalue weighted by Gasteiger charge is 2.17. The van der Waals surface area contributed by atoms with Crippen molar-refractivity contribution in [3.05, 3.63) is 51.1 Å². The minimum Gasteiger partial charge on any atom is -0.369 e. The summed E-state index contributed by atoms with van der Waals surface area (Å²) in [5.74, 6) is 0. The summed E-state index contributed by atoms with van der Waals surface area (Å²) in [5, 5.41) is 1.94. The van der Waals surface area contributed by atoms with Crippen LogP contribution in [0.15, 0.2) is 40.5 Å². The minimum absolute atomic E-state index is 0.162. The Hall–Kier alpha value is -1.59. The highest BCUT2D eigenvalue weighted by atomic mass is 32.1. The molecular formula is C16H21N3OS. The molecule has 0 N–H and O–H groups in total. The van der Waals surface area contributed by atoms with Gasteiger partial charge in [-0.05, 0) is 19.1 Å². The van der Waals surface area contributed by atoms with Crippen LogP contribution in [0.5, 0.6) is 0 Å². The predicted octanol–water partition coefficient (Wildman–Crippen LogP) is 2.04. The van der Waals surface area contributed by atoms with Crippen LogP contribution in [0.3, 0.4) is 0 Å². The fourth-order valence-electron chi connectivity index (χ4n) is 2.78. The summed E-state index contributed by atoms with van der Waals surface area (Å²) in [6.07, 6.45) is 0. The summed E-state index contributed by atoms with van der Waals surface area (Å²) in [6, 6.07) is 10.6. The van der Waals surface area contributed by atoms with Gasteiger partial charge in [0.25, 0.3) is 0 Å². The number of para-hydroxylation sites is 1. The van der Waals surface area contributed by atoms with E-state index in [4.69, 9.17) is 0 Å². The fourth-order valence-corrected chi connectivity index (χ4v) is 3.55. The molecule has 0 amide bonds. The molecule has 1 aliphatic heterocycles. The molecular weight excluding hydrogens is 282 g/mol. The zero-order chi connectivity index (χ0) is 14.7. The molecule has 5 heteroatoms. The van der Waals surface area contributed by atoms with Crippen molar-refractivity contribution in [2.24, 2.45) is 0 Å². The van der Waals surface area contributed by atoms with Crippen molar-refractivity contribution in [1.29, 1.82) is 0 Å². The van der Waals surface area contributed by atoms with E-state index in [2.05, 4.69) is 40.1 Å². The lowest BCUT2D eigenvalue weighted by atomic mass is 10.2. The Labute approximate surface area is 129 Å². The SMILES string of the molecule is Cc1csc(=O)n1CCN1CCN(c2ccccc2)CC1. The monoisotopic (exact) mass is 303 g/mol. The van der Waals surface area contributed by atoms with Crippen molar-refractivity contribution in [2.75, 3.05) is 37.6 Å². The summed E-state index contributed by atoms with van der Waals surface area (Å²) in [6.45, 7) is 8.01. The number of anilines is 1. The molecule has 0 unspecified atom stereocenters. The number of hydrogen-bond donors (Lipinski definition) is 0. The normalized spacial score (nSPS) is 16.3. The average molecular weight is 303 g/mol. The lowest BCUT2D eigenvalue weighted by Crippen LogP contribution is -2.47. The van der Waals surface area contributed by atoms with Crippen LogP contribution in [-0.2, 0) is 6.54 Å². The van der Waals surface area contributed by atoms with Crippen LogP contribution < -0.4 is 9.77 Å². The van der Waals surface area contributed by atoms with Crippen molar-refractivity contribution < 1.29 is 0 Å². The van der Waals surface area contributed by atoms with Crippen molar-refractivity contribution >= 4 is 17.0 Å². The second-order valence-electron chi connectivity index (χ2n) is 5.46. The number of rotatable bonds is 4. The first kappa shape index (κ1) is 14.4. The first-order chi connectivity index (χ1) is 10.2. The topological polar surface area (TPSA) is 28.5 Å². The number of nitrogens with zero attached hydrogens (tertiary/aromatic N) is 3. The van der Waals surface area contributed by atoms with E-state index in [1.54, 1.807) is 0 Å². The van der Waals surface area contributed by atoms with Gasteiger partial charge < -0.3 is 9.47 Å². The molecule has 3 rings (SSSR count). The highest BCUT2D eigenvalue weighted by Crippen LogP contribution is 2.15. The zero-order valence-corrected chi connectivity index (χ0v) is 13.2. The summed E-state index contributed by atoms with van der Waals surface area (Å²) >= 11 is 1.30. The minimum atomic E-state index is 0.162. The summed E-state index contributed by atoms with van der Waals surface area (Å²) < 4.78 is 1.88. The Morgan fingerprint density at radius 1 is 1.05 bits per heavy atom. The zero-order valence-electron chi connectivity index (χ0n) is 12.4. The number of benzene rings is 1. The van der Waals surface area contributed by atoms with Crippen molar-refractivity contribution in [2.45, 2.75) is 13.5 Å². The number of aromatic nitrogens is 1. The smallest absolute Gasteiger partial charge is 0.307 e. The molecule has 0 atom stereocenters. The van der Waals surface area contributed by atoms with E-state index in [1.807, 2.05) is 16.9 Å². The van der Waals surface area contributed by atoms with Gasteiger partial charge in [-0.3, -0.25) is 9.69 Å². The van der Waals surface area contributed by atoms with Gasteiger partial charge in [0, 0.05) is 56.0 Å². The predicted molar refractivity (Wildman–Crippen MR) is 88.4 cm³/mol. The molecule has 2 heterocycles. The van der Waals surface area contributed by atoms with Crippen molar-refractivity contribution in [3.63, 3.8) is 0 Å². The molecule has 0 spiro atoms. The van der Waals surface area contributed by atoms with Gasteiger partial charge in [0.2, 0.25) is 0 Å². The quantitative estimate of drug-likeness (QED) is 0.865. The summed E-state index contributed by atoms with van der Waals surface area (Å²) in [7, 11) is 0. The number of aryl methyl sites for hydroxylation is 1. The van der Waals surface area contributed by atoms with E-state index in [1.165, 1.54) is 17.0 Å². The maximum absolute atomic E-state index is 11.7. The fraction of sp³-hybridized carbons (Fsp3) is 0.438. The van der Waals surface area contributed by atoms with E-state index in [-0.39, 0.29) is 4.87 Å². The molecule has 0 aliphatic carbocycles. The summed E-state index contributed by atoms with van der Waals surface area (Å²) in [4.78, 5) is 16.7. The molecule has 1 aromatic heterocycles. The molecule has 1 aliphatic rings. The number of thiazole rings is 1. The van der Waals surface area contributed by atoms with Gasteiger partial charge in [-0.2, -0.15) is 0 Å². The molecule has 1 saturated heterocycles. The van der Waals surface area contributed by atoms with Crippen LogP contribution in [0.25, 0.3) is 0 Å². The third kappa shape index (κ3) is 3.36. The maximum Gasteiger partial charge on any atom is 0.307 e.